The van der Waals surface area contributed by atoms with Gasteiger partial charge in [0.25, 0.3) is 0 Å². The van der Waals surface area contributed by atoms with Crippen LogP contribution in [0.5, 0.6) is 5.88 Å². The molecular weight excluding hydrogens is 194 g/mol. The molecule has 0 aromatic carbocycles. The van der Waals surface area contributed by atoms with Gasteiger partial charge in [-0.15, -0.1) is 0 Å². The second-order valence-electron chi connectivity index (χ2n) is 3.13. The third-order valence-corrected chi connectivity index (χ3v) is 2.26. The van der Waals surface area contributed by atoms with E-state index in [9.17, 15) is 4.79 Å². The van der Waals surface area contributed by atoms with Gasteiger partial charge in [0.05, 0.1) is 14.2 Å². The third-order valence-electron chi connectivity index (χ3n) is 2.26. The summed E-state index contributed by atoms with van der Waals surface area (Å²) in [4.78, 5) is 15.6. The number of pyridine rings is 1. The largest absolute Gasteiger partial charge is 0.480 e. The standard InChI is InChI=1S/C11H15NO3/c1-5-8-6-9(11(13)15-4)10(14-3)12-7(8)2/h6H,5H2,1-4H3. The van der Waals surface area contributed by atoms with Crippen LogP contribution >= 0.6 is 0 Å². The molecule has 0 atom stereocenters. The topological polar surface area (TPSA) is 48.4 Å². The van der Waals surface area contributed by atoms with Gasteiger partial charge >= 0.3 is 5.97 Å². The van der Waals surface area contributed by atoms with Gasteiger partial charge in [0.15, 0.2) is 0 Å². The van der Waals surface area contributed by atoms with Crippen LogP contribution in [-0.2, 0) is 11.2 Å². The Hall–Kier alpha value is -1.58. The van der Waals surface area contributed by atoms with E-state index in [1.807, 2.05) is 13.8 Å². The number of esters is 1. The molecule has 0 bridgehead atoms. The highest BCUT2D eigenvalue weighted by Gasteiger charge is 2.16. The lowest BCUT2D eigenvalue weighted by Crippen LogP contribution is -2.08. The highest BCUT2D eigenvalue weighted by atomic mass is 16.5. The van der Waals surface area contributed by atoms with Gasteiger partial charge in [-0.1, -0.05) is 6.92 Å². The minimum atomic E-state index is -0.422. The number of hydrogen-bond acceptors (Lipinski definition) is 4. The molecule has 1 heterocycles. The molecule has 0 aliphatic carbocycles. The second kappa shape index (κ2) is 4.77. The van der Waals surface area contributed by atoms with Crippen molar-refractivity contribution in [2.75, 3.05) is 14.2 Å². The lowest BCUT2D eigenvalue weighted by Gasteiger charge is -2.09. The van der Waals surface area contributed by atoms with Gasteiger partial charge in [0.1, 0.15) is 5.56 Å². The molecule has 82 valence electrons. The summed E-state index contributed by atoms with van der Waals surface area (Å²) in [5.41, 5.74) is 2.28. The average molecular weight is 209 g/mol. The summed E-state index contributed by atoms with van der Waals surface area (Å²) in [6, 6.07) is 1.77. The van der Waals surface area contributed by atoms with Crippen LogP contribution in [-0.4, -0.2) is 25.2 Å². The normalized spacial score (nSPS) is 9.87. The van der Waals surface area contributed by atoms with Gasteiger partial charge in [-0.3, -0.25) is 0 Å². The Bertz CT molecular complexity index is 374. The van der Waals surface area contributed by atoms with Gasteiger partial charge in [0.2, 0.25) is 5.88 Å². The molecule has 4 heteroatoms. The Morgan fingerprint density at radius 3 is 2.60 bits per heavy atom. The van der Waals surface area contributed by atoms with Gasteiger partial charge in [0, 0.05) is 5.69 Å². The summed E-state index contributed by atoms with van der Waals surface area (Å²) < 4.78 is 9.70. The fourth-order valence-electron chi connectivity index (χ4n) is 1.39. The molecule has 4 nitrogen and oxygen atoms in total. The highest BCUT2D eigenvalue weighted by Crippen LogP contribution is 2.20. The van der Waals surface area contributed by atoms with Gasteiger partial charge in [-0.25, -0.2) is 9.78 Å². The van der Waals surface area contributed by atoms with E-state index < -0.39 is 5.97 Å². The van der Waals surface area contributed by atoms with Crippen molar-refractivity contribution in [1.29, 1.82) is 0 Å². The van der Waals surface area contributed by atoms with Crippen LogP contribution in [0.25, 0.3) is 0 Å². The van der Waals surface area contributed by atoms with E-state index in [2.05, 4.69) is 9.72 Å². The molecule has 0 amide bonds. The lowest BCUT2D eigenvalue weighted by atomic mass is 10.1. The van der Waals surface area contributed by atoms with E-state index in [1.54, 1.807) is 6.07 Å². The lowest BCUT2D eigenvalue weighted by molar-refractivity contribution is 0.0596. The van der Waals surface area contributed by atoms with Crippen LogP contribution in [0, 0.1) is 6.92 Å². The summed E-state index contributed by atoms with van der Waals surface area (Å²) >= 11 is 0. The van der Waals surface area contributed by atoms with E-state index in [0.29, 0.717) is 11.4 Å². The summed E-state index contributed by atoms with van der Waals surface area (Å²) in [6.07, 6.45) is 0.826. The van der Waals surface area contributed by atoms with Crippen molar-refractivity contribution in [3.63, 3.8) is 0 Å². The van der Waals surface area contributed by atoms with Crippen molar-refractivity contribution >= 4 is 5.97 Å². The zero-order chi connectivity index (χ0) is 11.4. The number of aryl methyl sites for hydroxylation is 2. The molecule has 15 heavy (non-hydrogen) atoms. The molecular formula is C11H15NO3. The van der Waals surface area contributed by atoms with Crippen molar-refractivity contribution in [2.45, 2.75) is 20.3 Å². The maximum absolute atomic E-state index is 11.4. The number of carbonyl (C=O) groups is 1. The Morgan fingerprint density at radius 2 is 2.13 bits per heavy atom. The van der Waals surface area contributed by atoms with Crippen molar-refractivity contribution in [2.24, 2.45) is 0 Å². The van der Waals surface area contributed by atoms with Crippen LogP contribution in [0.1, 0.15) is 28.5 Å². The predicted octanol–water partition coefficient (Wildman–Crippen LogP) is 1.75. The summed E-state index contributed by atoms with van der Waals surface area (Å²) in [5, 5.41) is 0. The molecule has 0 unspecified atom stereocenters. The Morgan fingerprint density at radius 1 is 1.47 bits per heavy atom. The van der Waals surface area contributed by atoms with E-state index in [1.165, 1.54) is 14.2 Å². The van der Waals surface area contributed by atoms with Crippen molar-refractivity contribution < 1.29 is 14.3 Å². The first kappa shape index (κ1) is 11.5. The molecule has 0 aliphatic heterocycles. The molecule has 0 spiro atoms. The smallest absolute Gasteiger partial charge is 0.343 e. The molecule has 1 rings (SSSR count). The van der Waals surface area contributed by atoms with E-state index >= 15 is 0 Å². The van der Waals surface area contributed by atoms with Crippen molar-refractivity contribution in [3.8, 4) is 5.88 Å². The summed E-state index contributed by atoms with van der Waals surface area (Å²) in [6.45, 7) is 3.90. The van der Waals surface area contributed by atoms with E-state index in [-0.39, 0.29) is 0 Å². The fourth-order valence-corrected chi connectivity index (χ4v) is 1.39. The molecule has 0 aliphatic rings. The second-order valence-corrected chi connectivity index (χ2v) is 3.13. The van der Waals surface area contributed by atoms with E-state index in [4.69, 9.17) is 4.74 Å². The summed E-state index contributed by atoms with van der Waals surface area (Å²) in [7, 11) is 2.83. The number of nitrogens with zero attached hydrogens (tertiary/aromatic N) is 1. The van der Waals surface area contributed by atoms with Crippen LogP contribution in [0.3, 0.4) is 0 Å². The first-order valence-corrected chi connectivity index (χ1v) is 4.76. The quantitative estimate of drug-likeness (QED) is 0.711. The average Bonchev–Trinajstić information content (AvgIpc) is 2.27. The minimum Gasteiger partial charge on any atom is -0.480 e. The maximum Gasteiger partial charge on any atom is 0.343 e. The molecule has 0 radical (unpaired) electrons. The minimum absolute atomic E-state index is 0.316. The number of carbonyl (C=O) groups excluding carboxylic acids is 1. The summed E-state index contributed by atoms with van der Waals surface area (Å²) in [5.74, 6) is -0.106. The number of aromatic nitrogens is 1. The van der Waals surface area contributed by atoms with Crippen LogP contribution in [0.2, 0.25) is 0 Å². The van der Waals surface area contributed by atoms with Crippen LogP contribution in [0.15, 0.2) is 6.07 Å². The Kier molecular flexibility index (Phi) is 3.66. The van der Waals surface area contributed by atoms with Gasteiger partial charge < -0.3 is 9.47 Å². The monoisotopic (exact) mass is 209 g/mol. The van der Waals surface area contributed by atoms with E-state index in [0.717, 1.165) is 17.7 Å². The Balaban J connectivity index is 3.28. The van der Waals surface area contributed by atoms with Crippen LogP contribution < -0.4 is 4.74 Å². The van der Waals surface area contributed by atoms with Crippen molar-refractivity contribution in [3.05, 3.63) is 22.9 Å². The SMILES string of the molecule is CCc1cc(C(=O)OC)c(OC)nc1C. The van der Waals surface area contributed by atoms with Gasteiger partial charge in [-0.05, 0) is 25.0 Å². The first-order valence-electron chi connectivity index (χ1n) is 4.76. The maximum atomic E-state index is 11.4. The van der Waals surface area contributed by atoms with Crippen molar-refractivity contribution in [1.82, 2.24) is 4.98 Å². The predicted molar refractivity (Wildman–Crippen MR) is 56.2 cm³/mol. The molecule has 0 fully saturated rings. The number of methoxy groups -OCH3 is 2. The third kappa shape index (κ3) is 2.26. The zero-order valence-corrected chi connectivity index (χ0v) is 9.46. The number of ether oxygens (including phenoxy) is 2. The highest BCUT2D eigenvalue weighted by molar-refractivity contribution is 5.92. The van der Waals surface area contributed by atoms with Gasteiger partial charge in [-0.2, -0.15) is 0 Å². The zero-order valence-electron chi connectivity index (χ0n) is 9.46. The Labute approximate surface area is 89.2 Å². The first-order chi connectivity index (χ1) is 7.13. The molecule has 0 N–H and O–H groups in total. The molecule has 0 saturated carbocycles. The fraction of sp³-hybridized carbons (Fsp3) is 0.455. The number of rotatable bonds is 3. The van der Waals surface area contributed by atoms with Crippen LogP contribution in [0.4, 0.5) is 0 Å². The molecule has 1 aromatic heterocycles. The molecule has 0 saturated heterocycles. The molecule has 1 aromatic rings. The number of hydrogen-bond donors (Lipinski definition) is 0.